The lowest BCUT2D eigenvalue weighted by atomic mass is 9.85. The Bertz CT molecular complexity index is 218. The summed E-state index contributed by atoms with van der Waals surface area (Å²) in [5.74, 6) is 0.606. The summed E-state index contributed by atoms with van der Waals surface area (Å²) in [6.45, 7) is 4.32. The van der Waals surface area contributed by atoms with Crippen molar-refractivity contribution in [1.29, 1.82) is 0 Å². The van der Waals surface area contributed by atoms with Gasteiger partial charge in [0.2, 0.25) is 5.91 Å². The Morgan fingerprint density at radius 3 is 2.67 bits per heavy atom. The maximum absolute atomic E-state index is 11.3. The van der Waals surface area contributed by atoms with E-state index in [0.717, 1.165) is 12.3 Å². The van der Waals surface area contributed by atoms with Crippen molar-refractivity contribution in [2.24, 2.45) is 11.7 Å². The molecule has 2 N–H and O–H groups in total. The molecule has 3 heteroatoms. The number of nitrogens with two attached hydrogens (primary N) is 1. The van der Waals surface area contributed by atoms with Crippen LogP contribution in [0.25, 0.3) is 0 Å². The molecule has 0 saturated heterocycles. The summed E-state index contributed by atoms with van der Waals surface area (Å²) < 4.78 is 0. The normalized spacial score (nSPS) is 29.1. The Morgan fingerprint density at radius 2 is 2.20 bits per heavy atom. The Hall–Kier alpha value is -0.570. The molecule has 1 aliphatic rings. The number of hydrogen-bond donors (Lipinski definition) is 1. The van der Waals surface area contributed by atoms with Crippen LogP contribution < -0.4 is 5.73 Å². The van der Waals surface area contributed by atoms with Gasteiger partial charge in [-0.15, -0.1) is 0 Å². The van der Waals surface area contributed by atoms with Crippen LogP contribution in [0.2, 0.25) is 0 Å². The van der Waals surface area contributed by atoms with Crippen molar-refractivity contribution in [1.82, 2.24) is 4.90 Å². The summed E-state index contributed by atoms with van der Waals surface area (Å²) >= 11 is 0. The molecule has 0 bridgehead atoms. The molecule has 1 saturated carbocycles. The van der Waals surface area contributed by atoms with Crippen LogP contribution in [0.1, 0.15) is 46.0 Å². The number of likely N-dealkylation sites (N-methyl/N-ethyl adjacent to an activating group) is 1. The maximum atomic E-state index is 11.3. The predicted octanol–water partition coefficient (Wildman–Crippen LogP) is 1.76. The van der Waals surface area contributed by atoms with E-state index in [1.807, 2.05) is 14.0 Å². The summed E-state index contributed by atoms with van der Waals surface area (Å²) in [6.07, 6.45) is 5.85. The van der Waals surface area contributed by atoms with Crippen LogP contribution in [-0.2, 0) is 4.79 Å². The largest absolute Gasteiger partial charge is 0.368 e. The average molecular weight is 212 g/mol. The van der Waals surface area contributed by atoms with Crippen molar-refractivity contribution in [3.05, 3.63) is 0 Å². The minimum Gasteiger partial charge on any atom is -0.368 e. The Labute approximate surface area is 93.0 Å². The molecule has 0 aromatic rings. The molecule has 88 valence electrons. The van der Waals surface area contributed by atoms with Crippen molar-refractivity contribution in [2.45, 2.75) is 58.0 Å². The van der Waals surface area contributed by atoms with E-state index in [-0.39, 0.29) is 11.9 Å². The molecule has 1 fully saturated rings. The fraction of sp³-hybridized carbons (Fsp3) is 0.917. The first-order valence-electron chi connectivity index (χ1n) is 6.07. The van der Waals surface area contributed by atoms with Gasteiger partial charge in [-0.3, -0.25) is 9.69 Å². The van der Waals surface area contributed by atoms with E-state index in [4.69, 9.17) is 5.73 Å². The highest BCUT2D eigenvalue weighted by Gasteiger charge is 2.28. The van der Waals surface area contributed by atoms with Gasteiger partial charge in [0.15, 0.2) is 0 Å². The van der Waals surface area contributed by atoms with Crippen LogP contribution in [0.4, 0.5) is 0 Å². The molecule has 0 aromatic carbocycles. The molecule has 15 heavy (non-hydrogen) atoms. The number of nitrogens with zero attached hydrogens (tertiary/aromatic N) is 1. The van der Waals surface area contributed by atoms with Gasteiger partial charge in [0.1, 0.15) is 0 Å². The van der Waals surface area contributed by atoms with Crippen molar-refractivity contribution in [3.8, 4) is 0 Å². The molecular weight excluding hydrogens is 188 g/mol. The molecule has 0 heterocycles. The van der Waals surface area contributed by atoms with Gasteiger partial charge in [-0.25, -0.2) is 0 Å². The number of carbonyl (C=O) groups is 1. The van der Waals surface area contributed by atoms with Crippen molar-refractivity contribution in [2.75, 3.05) is 7.05 Å². The number of primary amides is 1. The van der Waals surface area contributed by atoms with Gasteiger partial charge >= 0.3 is 0 Å². The summed E-state index contributed by atoms with van der Waals surface area (Å²) in [6, 6.07) is 0.464. The average Bonchev–Trinajstić information content (AvgIpc) is 2.18. The van der Waals surface area contributed by atoms with E-state index in [2.05, 4.69) is 11.8 Å². The Balaban J connectivity index is 2.57. The molecule has 3 unspecified atom stereocenters. The third kappa shape index (κ3) is 3.20. The second-order valence-corrected chi connectivity index (χ2v) is 4.92. The Kier molecular flexibility index (Phi) is 4.58. The Morgan fingerprint density at radius 1 is 1.53 bits per heavy atom. The molecule has 1 amide bonds. The molecule has 0 spiro atoms. The summed E-state index contributed by atoms with van der Waals surface area (Å²) in [7, 11) is 2.04. The highest BCUT2D eigenvalue weighted by Crippen LogP contribution is 2.27. The topological polar surface area (TPSA) is 46.3 Å². The standard InChI is InChI=1S/C12H24N2O/c1-4-11(12(13)15)14(3)10-7-5-6-9(2)8-10/h9-11H,4-8H2,1-3H3,(H2,13,15). The third-order valence-corrected chi connectivity index (χ3v) is 3.69. The van der Waals surface area contributed by atoms with Crippen LogP contribution in [0.5, 0.6) is 0 Å². The second kappa shape index (κ2) is 5.50. The highest BCUT2D eigenvalue weighted by atomic mass is 16.1. The second-order valence-electron chi connectivity index (χ2n) is 4.92. The van der Waals surface area contributed by atoms with Gasteiger partial charge in [-0.05, 0) is 32.2 Å². The molecular formula is C12H24N2O. The van der Waals surface area contributed by atoms with Gasteiger partial charge in [-0.1, -0.05) is 26.7 Å². The first-order chi connectivity index (χ1) is 7.06. The number of carbonyl (C=O) groups excluding carboxylic acids is 1. The molecule has 1 aliphatic carbocycles. The lowest BCUT2D eigenvalue weighted by molar-refractivity contribution is -0.124. The first-order valence-corrected chi connectivity index (χ1v) is 6.07. The van der Waals surface area contributed by atoms with E-state index >= 15 is 0 Å². The zero-order chi connectivity index (χ0) is 11.4. The zero-order valence-electron chi connectivity index (χ0n) is 10.2. The van der Waals surface area contributed by atoms with E-state index in [0.29, 0.717) is 6.04 Å². The van der Waals surface area contributed by atoms with E-state index in [1.54, 1.807) is 0 Å². The number of amides is 1. The fourth-order valence-corrected chi connectivity index (χ4v) is 2.72. The predicted molar refractivity (Wildman–Crippen MR) is 62.5 cm³/mol. The minimum atomic E-state index is -0.182. The molecule has 0 radical (unpaired) electrons. The molecule has 0 aliphatic heterocycles. The van der Waals surface area contributed by atoms with Crippen molar-refractivity contribution < 1.29 is 4.79 Å². The van der Waals surface area contributed by atoms with Crippen LogP contribution >= 0.6 is 0 Å². The van der Waals surface area contributed by atoms with Crippen LogP contribution in [0, 0.1) is 5.92 Å². The van der Waals surface area contributed by atoms with Gasteiger partial charge in [0.05, 0.1) is 6.04 Å². The molecule has 3 nitrogen and oxygen atoms in total. The van der Waals surface area contributed by atoms with Gasteiger partial charge < -0.3 is 5.73 Å². The maximum Gasteiger partial charge on any atom is 0.234 e. The van der Waals surface area contributed by atoms with Gasteiger partial charge in [0, 0.05) is 6.04 Å². The fourth-order valence-electron chi connectivity index (χ4n) is 2.72. The smallest absolute Gasteiger partial charge is 0.234 e. The molecule has 1 rings (SSSR count). The third-order valence-electron chi connectivity index (χ3n) is 3.69. The van der Waals surface area contributed by atoms with Crippen LogP contribution in [-0.4, -0.2) is 29.9 Å². The monoisotopic (exact) mass is 212 g/mol. The minimum absolute atomic E-state index is 0.0831. The SMILES string of the molecule is CCC(C(N)=O)N(C)C1CCCC(C)C1. The summed E-state index contributed by atoms with van der Waals surface area (Å²) in [5, 5.41) is 0. The summed E-state index contributed by atoms with van der Waals surface area (Å²) in [4.78, 5) is 13.5. The molecule has 0 aromatic heterocycles. The quantitative estimate of drug-likeness (QED) is 0.772. The number of hydrogen-bond acceptors (Lipinski definition) is 2. The van der Waals surface area contributed by atoms with Gasteiger partial charge in [0.25, 0.3) is 0 Å². The van der Waals surface area contributed by atoms with Crippen LogP contribution in [0.3, 0.4) is 0 Å². The van der Waals surface area contributed by atoms with E-state index in [9.17, 15) is 4.79 Å². The lowest BCUT2D eigenvalue weighted by Crippen LogP contribution is -2.48. The lowest BCUT2D eigenvalue weighted by Gasteiger charge is -2.37. The van der Waals surface area contributed by atoms with E-state index in [1.165, 1.54) is 25.7 Å². The van der Waals surface area contributed by atoms with Crippen molar-refractivity contribution in [3.63, 3.8) is 0 Å². The first kappa shape index (κ1) is 12.5. The molecule has 3 atom stereocenters. The zero-order valence-corrected chi connectivity index (χ0v) is 10.2. The van der Waals surface area contributed by atoms with Gasteiger partial charge in [-0.2, -0.15) is 0 Å². The number of rotatable bonds is 4. The summed E-state index contributed by atoms with van der Waals surface area (Å²) in [5.41, 5.74) is 5.41. The van der Waals surface area contributed by atoms with Crippen molar-refractivity contribution >= 4 is 5.91 Å². The highest BCUT2D eigenvalue weighted by molar-refractivity contribution is 5.79. The van der Waals surface area contributed by atoms with Crippen LogP contribution in [0.15, 0.2) is 0 Å². The van der Waals surface area contributed by atoms with E-state index < -0.39 is 0 Å².